The molecule has 1 aromatic rings. The Kier molecular flexibility index (Phi) is 2.82. The van der Waals surface area contributed by atoms with Crippen LogP contribution < -0.4 is 5.32 Å². The molecule has 1 aliphatic heterocycles. The highest BCUT2D eigenvalue weighted by Gasteiger charge is 2.23. The predicted octanol–water partition coefficient (Wildman–Crippen LogP) is 1.07. The number of aromatic nitrogens is 3. The molecule has 4 heteroatoms. The minimum Gasteiger partial charge on any atom is -0.313 e. The predicted molar refractivity (Wildman–Crippen MR) is 55.3 cm³/mol. The number of unbranched alkanes of at least 4 members (excludes halogenated alkanes) is 1. The molecule has 78 valence electrons. The molecular formula is C10H18N4. The normalized spacial score (nSPS) is 17.0. The summed E-state index contributed by atoms with van der Waals surface area (Å²) in [6.45, 7) is 6.38. The van der Waals surface area contributed by atoms with Crippen molar-refractivity contribution >= 4 is 0 Å². The number of hydrogen-bond acceptors (Lipinski definition) is 3. The summed E-state index contributed by atoms with van der Waals surface area (Å²) in [7, 11) is 0. The quantitative estimate of drug-likeness (QED) is 0.779. The van der Waals surface area contributed by atoms with Gasteiger partial charge in [-0.2, -0.15) is 0 Å². The van der Waals surface area contributed by atoms with Crippen molar-refractivity contribution in [2.75, 3.05) is 13.1 Å². The van der Waals surface area contributed by atoms with Crippen LogP contribution in [0.25, 0.3) is 0 Å². The van der Waals surface area contributed by atoms with E-state index >= 15 is 0 Å². The van der Waals surface area contributed by atoms with Gasteiger partial charge in [0.25, 0.3) is 0 Å². The maximum absolute atomic E-state index is 4.24. The molecule has 0 aromatic carbocycles. The lowest BCUT2D eigenvalue weighted by atomic mass is 10.1. The third kappa shape index (κ3) is 1.66. The van der Waals surface area contributed by atoms with Gasteiger partial charge in [-0.3, -0.25) is 0 Å². The van der Waals surface area contributed by atoms with Crippen molar-refractivity contribution in [1.82, 2.24) is 20.1 Å². The molecule has 0 amide bonds. The van der Waals surface area contributed by atoms with Crippen molar-refractivity contribution in [2.24, 2.45) is 0 Å². The van der Waals surface area contributed by atoms with Gasteiger partial charge in [-0.05, 0) is 13.3 Å². The Labute approximate surface area is 84.7 Å². The Bertz CT molecular complexity index is 301. The van der Waals surface area contributed by atoms with Gasteiger partial charge in [-0.25, -0.2) is 0 Å². The SMILES string of the molecule is CCCCc1nnc(C)n1C1CNC1. The van der Waals surface area contributed by atoms with Crippen LogP contribution in [0.3, 0.4) is 0 Å². The summed E-state index contributed by atoms with van der Waals surface area (Å²) in [5.41, 5.74) is 0. The van der Waals surface area contributed by atoms with Crippen molar-refractivity contribution in [3.63, 3.8) is 0 Å². The summed E-state index contributed by atoms with van der Waals surface area (Å²) in [5.74, 6) is 2.22. The van der Waals surface area contributed by atoms with Gasteiger partial charge in [0, 0.05) is 19.5 Å². The number of nitrogens with one attached hydrogen (secondary N) is 1. The molecule has 0 saturated carbocycles. The first-order valence-corrected chi connectivity index (χ1v) is 5.44. The van der Waals surface area contributed by atoms with Crippen LogP contribution in [0.1, 0.15) is 37.5 Å². The molecule has 1 saturated heterocycles. The average molecular weight is 194 g/mol. The molecule has 0 unspecified atom stereocenters. The van der Waals surface area contributed by atoms with E-state index in [4.69, 9.17) is 0 Å². The molecule has 1 aromatic heterocycles. The largest absolute Gasteiger partial charge is 0.313 e. The average Bonchev–Trinajstić information content (AvgIpc) is 2.43. The lowest BCUT2D eigenvalue weighted by Gasteiger charge is -2.30. The van der Waals surface area contributed by atoms with E-state index in [-0.39, 0.29) is 0 Å². The topological polar surface area (TPSA) is 42.7 Å². The lowest BCUT2D eigenvalue weighted by molar-refractivity contribution is 0.329. The number of nitrogens with zero attached hydrogens (tertiary/aromatic N) is 3. The number of rotatable bonds is 4. The Morgan fingerprint density at radius 2 is 2.21 bits per heavy atom. The highest BCUT2D eigenvalue weighted by atomic mass is 15.3. The van der Waals surface area contributed by atoms with Crippen LogP contribution in [0.4, 0.5) is 0 Å². The zero-order valence-corrected chi connectivity index (χ0v) is 8.95. The molecular weight excluding hydrogens is 176 g/mol. The van der Waals surface area contributed by atoms with Gasteiger partial charge < -0.3 is 9.88 Å². The van der Waals surface area contributed by atoms with Crippen molar-refractivity contribution in [3.8, 4) is 0 Å². The second kappa shape index (κ2) is 4.09. The van der Waals surface area contributed by atoms with Crippen molar-refractivity contribution in [2.45, 2.75) is 39.2 Å². The third-order valence-corrected chi connectivity index (χ3v) is 2.82. The van der Waals surface area contributed by atoms with Gasteiger partial charge in [0.2, 0.25) is 0 Å². The lowest BCUT2D eigenvalue weighted by Crippen LogP contribution is -2.44. The van der Waals surface area contributed by atoms with Crippen LogP contribution in [-0.4, -0.2) is 27.9 Å². The van der Waals surface area contributed by atoms with E-state index in [0.29, 0.717) is 6.04 Å². The molecule has 14 heavy (non-hydrogen) atoms. The van der Waals surface area contributed by atoms with Crippen LogP contribution >= 0.6 is 0 Å². The summed E-state index contributed by atoms with van der Waals surface area (Å²) in [4.78, 5) is 0. The Morgan fingerprint density at radius 1 is 1.43 bits per heavy atom. The molecule has 0 atom stereocenters. The molecule has 2 heterocycles. The van der Waals surface area contributed by atoms with Gasteiger partial charge >= 0.3 is 0 Å². The Morgan fingerprint density at radius 3 is 2.79 bits per heavy atom. The van der Waals surface area contributed by atoms with Gasteiger partial charge in [0.1, 0.15) is 11.6 Å². The molecule has 4 nitrogen and oxygen atoms in total. The van der Waals surface area contributed by atoms with E-state index in [1.54, 1.807) is 0 Å². The summed E-state index contributed by atoms with van der Waals surface area (Å²) in [6.07, 6.45) is 3.49. The minimum atomic E-state index is 0.594. The van der Waals surface area contributed by atoms with Crippen molar-refractivity contribution < 1.29 is 0 Å². The van der Waals surface area contributed by atoms with Crippen molar-refractivity contribution in [1.29, 1.82) is 0 Å². The Balaban J connectivity index is 2.13. The number of aryl methyl sites for hydroxylation is 2. The van der Waals surface area contributed by atoms with Crippen LogP contribution in [0.5, 0.6) is 0 Å². The fourth-order valence-electron chi connectivity index (χ4n) is 1.85. The third-order valence-electron chi connectivity index (χ3n) is 2.82. The molecule has 1 N–H and O–H groups in total. The van der Waals surface area contributed by atoms with Crippen LogP contribution in [0.2, 0.25) is 0 Å². The van der Waals surface area contributed by atoms with E-state index < -0.39 is 0 Å². The van der Waals surface area contributed by atoms with E-state index in [1.165, 1.54) is 12.8 Å². The minimum absolute atomic E-state index is 0.594. The summed E-state index contributed by atoms with van der Waals surface area (Å²) in [6, 6.07) is 0.594. The smallest absolute Gasteiger partial charge is 0.133 e. The highest BCUT2D eigenvalue weighted by molar-refractivity contribution is 5.00. The monoisotopic (exact) mass is 194 g/mol. The molecule has 1 aliphatic rings. The van der Waals surface area contributed by atoms with Gasteiger partial charge in [0.15, 0.2) is 0 Å². The maximum Gasteiger partial charge on any atom is 0.133 e. The van der Waals surface area contributed by atoms with E-state index in [1.807, 2.05) is 6.92 Å². The molecule has 0 spiro atoms. The fourth-order valence-corrected chi connectivity index (χ4v) is 1.85. The fraction of sp³-hybridized carbons (Fsp3) is 0.800. The summed E-state index contributed by atoms with van der Waals surface area (Å²) >= 11 is 0. The molecule has 2 rings (SSSR count). The van der Waals surface area contributed by atoms with E-state index in [0.717, 1.165) is 31.2 Å². The first-order valence-electron chi connectivity index (χ1n) is 5.44. The van der Waals surface area contributed by atoms with Gasteiger partial charge in [0.05, 0.1) is 6.04 Å². The first-order chi connectivity index (χ1) is 6.83. The summed E-state index contributed by atoms with van der Waals surface area (Å²) < 4.78 is 2.30. The zero-order valence-electron chi connectivity index (χ0n) is 8.95. The maximum atomic E-state index is 4.24. The zero-order chi connectivity index (χ0) is 9.97. The van der Waals surface area contributed by atoms with Gasteiger partial charge in [-0.1, -0.05) is 13.3 Å². The van der Waals surface area contributed by atoms with Crippen LogP contribution in [0, 0.1) is 6.92 Å². The second-order valence-corrected chi connectivity index (χ2v) is 3.95. The molecule has 0 bridgehead atoms. The molecule has 1 fully saturated rings. The summed E-state index contributed by atoms with van der Waals surface area (Å²) in [5, 5.41) is 11.7. The standard InChI is InChI=1S/C10H18N4/c1-3-4-5-10-13-12-8(2)14(10)9-6-11-7-9/h9,11H,3-7H2,1-2H3. The molecule has 0 radical (unpaired) electrons. The van der Waals surface area contributed by atoms with Gasteiger partial charge in [-0.15, -0.1) is 10.2 Å². The van der Waals surface area contributed by atoms with E-state index in [9.17, 15) is 0 Å². The Hall–Kier alpha value is -0.900. The van der Waals surface area contributed by atoms with E-state index in [2.05, 4.69) is 27.0 Å². The van der Waals surface area contributed by atoms with Crippen LogP contribution in [-0.2, 0) is 6.42 Å². The second-order valence-electron chi connectivity index (χ2n) is 3.95. The first kappa shape index (κ1) is 9.65. The highest BCUT2D eigenvalue weighted by Crippen LogP contribution is 2.17. The van der Waals surface area contributed by atoms with Crippen LogP contribution in [0.15, 0.2) is 0 Å². The van der Waals surface area contributed by atoms with Crippen molar-refractivity contribution in [3.05, 3.63) is 11.6 Å². The molecule has 0 aliphatic carbocycles. The number of hydrogen-bond donors (Lipinski definition) is 1.